The summed E-state index contributed by atoms with van der Waals surface area (Å²) < 4.78 is 22.4. The maximum atomic E-state index is 12.7. The molecule has 33 heavy (non-hydrogen) atoms. The van der Waals surface area contributed by atoms with Crippen molar-refractivity contribution < 1.29 is 28.5 Å². The van der Waals surface area contributed by atoms with Crippen LogP contribution in [0.15, 0.2) is 35.4 Å². The first-order valence-electron chi connectivity index (χ1n) is 10.4. The van der Waals surface area contributed by atoms with E-state index >= 15 is 0 Å². The van der Waals surface area contributed by atoms with Crippen molar-refractivity contribution in [1.29, 1.82) is 0 Å². The first-order valence-corrected chi connectivity index (χ1v) is 11.5. The maximum Gasteiger partial charge on any atom is 0.262 e. The molecule has 0 bridgehead atoms. The average molecular weight is 567 g/mol. The highest BCUT2D eigenvalue weighted by Gasteiger charge is 2.25. The lowest BCUT2D eigenvalue weighted by Crippen LogP contribution is -2.48. The zero-order valence-corrected chi connectivity index (χ0v) is 21.0. The molecule has 1 aliphatic rings. The van der Waals surface area contributed by atoms with Gasteiger partial charge < -0.3 is 24.3 Å². The standard InChI is InChI=1S/C23H26IN3O6/c1-5-31-21-16(24)8-14(9-19(21)30-4)11-25-27-23(29)20(13(2)3)26-22(28)15-6-7-17-18(10-15)33-12-32-17/h6-11,13,20H,5,12H2,1-4H3,(H,26,28)(H,27,29). The second kappa shape index (κ2) is 11.2. The second-order valence-electron chi connectivity index (χ2n) is 7.46. The highest BCUT2D eigenvalue weighted by atomic mass is 127. The summed E-state index contributed by atoms with van der Waals surface area (Å²) in [5, 5.41) is 6.81. The number of fused-ring (bicyclic) bond motifs is 1. The van der Waals surface area contributed by atoms with Crippen LogP contribution in [0.5, 0.6) is 23.0 Å². The smallest absolute Gasteiger partial charge is 0.262 e. The molecule has 0 spiro atoms. The number of hydrogen-bond acceptors (Lipinski definition) is 7. The van der Waals surface area contributed by atoms with E-state index in [-0.39, 0.29) is 12.7 Å². The van der Waals surface area contributed by atoms with Crippen molar-refractivity contribution in [3.63, 3.8) is 0 Å². The normalized spacial score (nSPS) is 13.2. The lowest BCUT2D eigenvalue weighted by atomic mass is 10.0. The fourth-order valence-electron chi connectivity index (χ4n) is 3.14. The Labute approximate surface area is 206 Å². The minimum absolute atomic E-state index is 0.120. The van der Waals surface area contributed by atoms with Gasteiger partial charge in [-0.05, 0) is 71.3 Å². The third-order valence-corrected chi connectivity index (χ3v) is 5.60. The van der Waals surface area contributed by atoms with Gasteiger partial charge >= 0.3 is 0 Å². The van der Waals surface area contributed by atoms with Gasteiger partial charge in [0.25, 0.3) is 11.8 Å². The van der Waals surface area contributed by atoms with E-state index in [1.54, 1.807) is 31.4 Å². The molecule has 1 unspecified atom stereocenters. The molecular formula is C23H26IN3O6. The number of ether oxygens (including phenoxy) is 4. The Bertz CT molecular complexity index is 1060. The minimum atomic E-state index is -0.782. The van der Waals surface area contributed by atoms with Crippen LogP contribution in [0.3, 0.4) is 0 Å². The van der Waals surface area contributed by atoms with Crippen molar-refractivity contribution in [2.75, 3.05) is 20.5 Å². The van der Waals surface area contributed by atoms with Gasteiger partial charge in [-0.15, -0.1) is 0 Å². The number of amides is 2. The Hall–Kier alpha value is -3.02. The number of hydrogen-bond donors (Lipinski definition) is 2. The summed E-state index contributed by atoms with van der Waals surface area (Å²) in [5.74, 6) is 1.34. The quantitative estimate of drug-likeness (QED) is 0.274. The summed E-state index contributed by atoms with van der Waals surface area (Å²) in [6.45, 7) is 6.22. The van der Waals surface area contributed by atoms with Crippen LogP contribution in [0.2, 0.25) is 0 Å². The lowest BCUT2D eigenvalue weighted by Gasteiger charge is -2.20. The molecule has 2 amide bonds. The van der Waals surface area contributed by atoms with Crippen LogP contribution >= 0.6 is 22.6 Å². The summed E-state index contributed by atoms with van der Waals surface area (Å²) in [6, 6.07) is 7.73. The number of rotatable bonds is 9. The number of nitrogens with zero attached hydrogens (tertiary/aromatic N) is 1. The molecule has 0 saturated heterocycles. The van der Waals surface area contributed by atoms with Gasteiger partial charge in [-0.2, -0.15) is 5.10 Å². The van der Waals surface area contributed by atoms with E-state index in [1.165, 1.54) is 6.21 Å². The minimum Gasteiger partial charge on any atom is -0.493 e. The zero-order valence-electron chi connectivity index (χ0n) is 18.8. The van der Waals surface area contributed by atoms with Crippen LogP contribution in [0.25, 0.3) is 0 Å². The topological polar surface area (TPSA) is 107 Å². The van der Waals surface area contributed by atoms with Crippen LogP contribution < -0.4 is 29.7 Å². The Morgan fingerprint density at radius 1 is 1.21 bits per heavy atom. The van der Waals surface area contributed by atoms with Crippen molar-refractivity contribution in [2.24, 2.45) is 11.0 Å². The monoisotopic (exact) mass is 567 g/mol. The Kier molecular flexibility index (Phi) is 8.37. The van der Waals surface area contributed by atoms with Crippen LogP contribution in [0.1, 0.15) is 36.7 Å². The van der Waals surface area contributed by atoms with E-state index in [4.69, 9.17) is 18.9 Å². The Morgan fingerprint density at radius 2 is 1.97 bits per heavy atom. The van der Waals surface area contributed by atoms with Crippen LogP contribution in [0, 0.1) is 9.49 Å². The number of benzene rings is 2. The van der Waals surface area contributed by atoms with E-state index < -0.39 is 17.9 Å². The highest BCUT2D eigenvalue weighted by molar-refractivity contribution is 14.1. The average Bonchev–Trinajstić information content (AvgIpc) is 3.26. The number of carbonyl (C=O) groups excluding carboxylic acids is 2. The largest absolute Gasteiger partial charge is 0.493 e. The molecule has 1 aliphatic heterocycles. The van der Waals surface area contributed by atoms with Gasteiger partial charge in [-0.3, -0.25) is 9.59 Å². The molecule has 0 radical (unpaired) electrons. The molecule has 2 aromatic rings. The van der Waals surface area contributed by atoms with Crippen molar-refractivity contribution in [2.45, 2.75) is 26.8 Å². The van der Waals surface area contributed by atoms with Gasteiger partial charge in [-0.25, -0.2) is 5.43 Å². The molecule has 1 atom stereocenters. The van der Waals surface area contributed by atoms with E-state index in [2.05, 4.69) is 38.4 Å². The molecule has 9 nitrogen and oxygen atoms in total. The fourth-order valence-corrected chi connectivity index (χ4v) is 3.92. The van der Waals surface area contributed by atoms with Gasteiger partial charge in [0.15, 0.2) is 23.0 Å². The molecule has 10 heteroatoms. The first kappa shape index (κ1) is 24.6. The molecule has 2 N–H and O–H groups in total. The molecule has 0 fully saturated rings. The fraction of sp³-hybridized carbons (Fsp3) is 0.348. The van der Waals surface area contributed by atoms with E-state index in [0.717, 1.165) is 9.13 Å². The summed E-state index contributed by atoms with van der Waals surface area (Å²) in [7, 11) is 1.56. The molecule has 2 aromatic carbocycles. The first-order chi connectivity index (χ1) is 15.8. The van der Waals surface area contributed by atoms with Crippen LogP contribution in [-0.2, 0) is 4.79 Å². The molecule has 0 saturated carbocycles. The number of nitrogens with one attached hydrogen (secondary N) is 2. The summed E-state index contributed by atoms with van der Waals surface area (Å²) in [4.78, 5) is 25.4. The van der Waals surface area contributed by atoms with Gasteiger partial charge in [-0.1, -0.05) is 13.8 Å². The van der Waals surface area contributed by atoms with Gasteiger partial charge in [0.1, 0.15) is 6.04 Å². The predicted molar refractivity (Wildman–Crippen MR) is 131 cm³/mol. The van der Waals surface area contributed by atoms with Gasteiger partial charge in [0.2, 0.25) is 6.79 Å². The summed E-state index contributed by atoms with van der Waals surface area (Å²) in [6.07, 6.45) is 1.51. The Morgan fingerprint density at radius 3 is 2.67 bits per heavy atom. The Balaban J connectivity index is 1.66. The number of carbonyl (C=O) groups is 2. The summed E-state index contributed by atoms with van der Waals surface area (Å²) >= 11 is 2.15. The van der Waals surface area contributed by atoms with Crippen molar-refractivity contribution in [3.05, 3.63) is 45.0 Å². The molecule has 3 rings (SSSR count). The third kappa shape index (κ3) is 6.06. The van der Waals surface area contributed by atoms with Gasteiger partial charge in [0, 0.05) is 5.56 Å². The van der Waals surface area contributed by atoms with E-state index in [1.807, 2.05) is 26.8 Å². The number of halogens is 1. The van der Waals surface area contributed by atoms with Gasteiger partial charge in [0.05, 0.1) is 23.5 Å². The predicted octanol–water partition coefficient (Wildman–Crippen LogP) is 3.33. The molecule has 0 aliphatic carbocycles. The lowest BCUT2D eigenvalue weighted by molar-refractivity contribution is -0.123. The van der Waals surface area contributed by atoms with Crippen LogP contribution in [0.4, 0.5) is 0 Å². The molecular weight excluding hydrogens is 541 g/mol. The zero-order chi connectivity index (χ0) is 24.0. The summed E-state index contributed by atoms with van der Waals surface area (Å²) in [5.41, 5.74) is 3.60. The van der Waals surface area contributed by atoms with E-state index in [9.17, 15) is 9.59 Å². The maximum absolute atomic E-state index is 12.7. The second-order valence-corrected chi connectivity index (χ2v) is 8.63. The SMILES string of the molecule is CCOc1c(I)cc(C=NNC(=O)C(NC(=O)c2ccc3c(c2)OCO3)C(C)C)cc1OC. The number of methoxy groups -OCH3 is 1. The molecule has 176 valence electrons. The van der Waals surface area contributed by atoms with Crippen molar-refractivity contribution in [3.8, 4) is 23.0 Å². The number of hydrazone groups is 1. The molecule has 1 heterocycles. The third-order valence-electron chi connectivity index (χ3n) is 4.80. The van der Waals surface area contributed by atoms with Crippen LogP contribution in [-0.4, -0.2) is 44.6 Å². The van der Waals surface area contributed by atoms with Crippen molar-refractivity contribution >= 4 is 40.6 Å². The highest BCUT2D eigenvalue weighted by Crippen LogP contribution is 2.34. The van der Waals surface area contributed by atoms with Crippen molar-refractivity contribution in [1.82, 2.24) is 10.7 Å². The molecule has 0 aromatic heterocycles. The van der Waals surface area contributed by atoms with E-state index in [0.29, 0.717) is 35.2 Å².